The van der Waals surface area contributed by atoms with E-state index in [1.54, 1.807) is 0 Å². The van der Waals surface area contributed by atoms with Crippen molar-refractivity contribution in [2.24, 2.45) is 0 Å². The van der Waals surface area contributed by atoms with Crippen molar-refractivity contribution >= 4 is 0 Å². The van der Waals surface area contributed by atoms with Gasteiger partial charge in [-0.15, -0.1) is 0 Å². The molecule has 22 heavy (non-hydrogen) atoms. The predicted molar refractivity (Wildman–Crippen MR) is 102 cm³/mol. The molecule has 2 aromatic carbocycles. The summed E-state index contributed by atoms with van der Waals surface area (Å²) in [6.45, 7) is 13.3. The molecular weight excluding hydrogens is 266 g/mol. The van der Waals surface area contributed by atoms with Gasteiger partial charge in [-0.3, -0.25) is 4.90 Å². The molecule has 2 aromatic rings. The van der Waals surface area contributed by atoms with Crippen molar-refractivity contribution in [3.05, 3.63) is 71.8 Å². The van der Waals surface area contributed by atoms with Gasteiger partial charge in [0.05, 0.1) is 0 Å². The fraction of sp³-hybridized carbons (Fsp3) is 0.429. The average Bonchev–Trinajstić information content (AvgIpc) is 2.60. The molecule has 0 aliphatic heterocycles. The van der Waals surface area contributed by atoms with E-state index in [0.29, 0.717) is 0 Å². The lowest BCUT2D eigenvalue weighted by Crippen LogP contribution is -2.22. The molecule has 1 heteroatoms. The van der Waals surface area contributed by atoms with Gasteiger partial charge in [-0.05, 0) is 17.7 Å². The van der Waals surface area contributed by atoms with Gasteiger partial charge in [-0.25, -0.2) is 0 Å². The first-order chi connectivity index (χ1) is 10.4. The number of benzene rings is 2. The zero-order valence-electron chi connectivity index (χ0n) is 14.3. The van der Waals surface area contributed by atoms with Gasteiger partial charge in [0.15, 0.2) is 0 Å². The normalized spacial score (nSPS) is 8.82. The van der Waals surface area contributed by atoms with Crippen molar-refractivity contribution < 1.29 is 0 Å². The van der Waals surface area contributed by atoms with E-state index >= 15 is 0 Å². The van der Waals surface area contributed by atoms with Crippen molar-refractivity contribution in [2.45, 2.75) is 55.1 Å². The van der Waals surface area contributed by atoms with Crippen LogP contribution in [0.2, 0.25) is 0 Å². The summed E-state index contributed by atoms with van der Waals surface area (Å²) in [5.74, 6) is 0. The monoisotopic (exact) mass is 301 g/mol. The number of nitrogens with zero attached hydrogens (tertiary/aromatic N) is 1. The Hall–Kier alpha value is -1.60. The van der Waals surface area contributed by atoms with Gasteiger partial charge in [0.25, 0.3) is 0 Å². The summed E-state index contributed by atoms with van der Waals surface area (Å²) in [6.07, 6.45) is 0. The van der Waals surface area contributed by atoms with Crippen LogP contribution in [0.15, 0.2) is 60.7 Å². The highest BCUT2D eigenvalue weighted by molar-refractivity contribution is 5.16. The molecule has 0 N–H and O–H groups in total. The summed E-state index contributed by atoms with van der Waals surface area (Å²) < 4.78 is 0. The van der Waals surface area contributed by atoms with Crippen LogP contribution in [0.1, 0.15) is 53.2 Å². The SMILES string of the molecule is C.CC.CC.CCN(Cc1ccccc1)Cc1ccccc1. The molecule has 0 atom stereocenters. The van der Waals surface area contributed by atoms with Crippen LogP contribution in [0.3, 0.4) is 0 Å². The highest BCUT2D eigenvalue weighted by atomic mass is 15.1. The van der Waals surface area contributed by atoms with E-state index in [1.807, 2.05) is 27.7 Å². The Morgan fingerprint density at radius 1 is 0.636 bits per heavy atom. The first kappa shape index (κ1) is 22.7. The van der Waals surface area contributed by atoms with E-state index in [2.05, 4.69) is 72.5 Å². The highest BCUT2D eigenvalue weighted by Gasteiger charge is 2.03. The van der Waals surface area contributed by atoms with Crippen LogP contribution in [-0.2, 0) is 13.1 Å². The first-order valence-corrected chi connectivity index (χ1v) is 8.18. The molecule has 0 aromatic heterocycles. The smallest absolute Gasteiger partial charge is 0.0237 e. The quantitative estimate of drug-likeness (QED) is 0.618. The van der Waals surface area contributed by atoms with Gasteiger partial charge in [0.1, 0.15) is 0 Å². The van der Waals surface area contributed by atoms with Gasteiger partial charge < -0.3 is 0 Å². The van der Waals surface area contributed by atoms with Crippen LogP contribution >= 0.6 is 0 Å². The van der Waals surface area contributed by atoms with Crippen LogP contribution in [0.4, 0.5) is 0 Å². The fourth-order valence-corrected chi connectivity index (χ4v) is 1.96. The molecule has 0 saturated carbocycles. The maximum Gasteiger partial charge on any atom is 0.0237 e. The molecule has 0 aliphatic carbocycles. The fourth-order valence-electron chi connectivity index (χ4n) is 1.96. The Balaban J connectivity index is 0. The molecule has 0 bridgehead atoms. The van der Waals surface area contributed by atoms with Crippen molar-refractivity contribution in [1.29, 1.82) is 0 Å². The van der Waals surface area contributed by atoms with Crippen LogP contribution in [0.25, 0.3) is 0 Å². The third-order valence-electron chi connectivity index (χ3n) is 2.95. The zero-order valence-corrected chi connectivity index (χ0v) is 14.3. The largest absolute Gasteiger partial charge is 0.295 e. The van der Waals surface area contributed by atoms with Gasteiger partial charge in [-0.2, -0.15) is 0 Å². The summed E-state index contributed by atoms with van der Waals surface area (Å²) in [6, 6.07) is 21.3. The summed E-state index contributed by atoms with van der Waals surface area (Å²) >= 11 is 0. The van der Waals surface area contributed by atoms with Gasteiger partial charge >= 0.3 is 0 Å². The lowest BCUT2D eigenvalue weighted by atomic mass is 10.2. The summed E-state index contributed by atoms with van der Waals surface area (Å²) in [7, 11) is 0. The third-order valence-corrected chi connectivity index (χ3v) is 2.95. The molecular formula is C21H35N. The molecule has 0 unspecified atom stereocenters. The summed E-state index contributed by atoms with van der Waals surface area (Å²) in [4.78, 5) is 2.45. The molecule has 0 fully saturated rings. The van der Waals surface area contributed by atoms with E-state index in [0.717, 1.165) is 19.6 Å². The third kappa shape index (κ3) is 9.36. The second kappa shape index (κ2) is 15.8. The van der Waals surface area contributed by atoms with E-state index in [-0.39, 0.29) is 7.43 Å². The van der Waals surface area contributed by atoms with Gasteiger partial charge in [0, 0.05) is 13.1 Å². The molecule has 0 saturated heterocycles. The minimum atomic E-state index is 0. The molecule has 0 amide bonds. The maximum absolute atomic E-state index is 2.45. The van der Waals surface area contributed by atoms with Crippen molar-refractivity contribution in [2.75, 3.05) is 6.54 Å². The first-order valence-electron chi connectivity index (χ1n) is 8.18. The maximum atomic E-state index is 2.45. The van der Waals surface area contributed by atoms with E-state index < -0.39 is 0 Å². The second-order valence-corrected chi connectivity index (χ2v) is 4.27. The molecule has 124 valence electrons. The van der Waals surface area contributed by atoms with Crippen molar-refractivity contribution in [3.63, 3.8) is 0 Å². The van der Waals surface area contributed by atoms with Gasteiger partial charge in [-0.1, -0.05) is 103 Å². The van der Waals surface area contributed by atoms with E-state index in [9.17, 15) is 0 Å². The summed E-state index contributed by atoms with van der Waals surface area (Å²) in [5, 5.41) is 0. The zero-order chi connectivity index (χ0) is 15.9. The van der Waals surface area contributed by atoms with E-state index in [4.69, 9.17) is 0 Å². The topological polar surface area (TPSA) is 3.24 Å². The standard InChI is InChI=1S/C16H19N.2C2H6.CH4/c1-2-17(13-15-9-5-3-6-10-15)14-16-11-7-4-8-12-16;2*1-2;/h3-12H,2,13-14H2,1H3;2*1-2H3;1H4. The Bertz CT molecular complexity index is 381. The number of rotatable bonds is 5. The molecule has 0 radical (unpaired) electrons. The number of hydrogen-bond donors (Lipinski definition) is 0. The second-order valence-electron chi connectivity index (χ2n) is 4.27. The van der Waals surface area contributed by atoms with Crippen LogP contribution in [0.5, 0.6) is 0 Å². The molecule has 0 aliphatic rings. The minimum Gasteiger partial charge on any atom is -0.295 e. The number of hydrogen-bond acceptors (Lipinski definition) is 1. The molecule has 2 rings (SSSR count). The van der Waals surface area contributed by atoms with Crippen molar-refractivity contribution in [3.8, 4) is 0 Å². The molecule has 1 nitrogen and oxygen atoms in total. The van der Waals surface area contributed by atoms with Crippen molar-refractivity contribution in [1.82, 2.24) is 4.90 Å². The Morgan fingerprint density at radius 2 is 0.955 bits per heavy atom. The highest BCUT2D eigenvalue weighted by Crippen LogP contribution is 2.09. The summed E-state index contributed by atoms with van der Waals surface area (Å²) in [5.41, 5.74) is 2.76. The minimum absolute atomic E-state index is 0. The van der Waals surface area contributed by atoms with Crippen LogP contribution in [0, 0.1) is 0 Å². The lowest BCUT2D eigenvalue weighted by molar-refractivity contribution is 0.271. The Labute approximate surface area is 139 Å². The Morgan fingerprint density at radius 3 is 1.23 bits per heavy atom. The lowest BCUT2D eigenvalue weighted by Gasteiger charge is -2.20. The predicted octanol–water partition coefficient (Wildman–Crippen LogP) is 6.40. The Kier molecular flexibility index (Phi) is 16.3. The van der Waals surface area contributed by atoms with Crippen LogP contribution in [-0.4, -0.2) is 11.4 Å². The van der Waals surface area contributed by atoms with E-state index in [1.165, 1.54) is 11.1 Å². The molecule has 0 spiro atoms. The average molecular weight is 302 g/mol. The van der Waals surface area contributed by atoms with Crippen LogP contribution < -0.4 is 0 Å². The molecule has 0 heterocycles. The van der Waals surface area contributed by atoms with Gasteiger partial charge in [0.2, 0.25) is 0 Å².